The van der Waals surface area contributed by atoms with Gasteiger partial charge in [-0.1, -0.05) is 23.8 Å². The van der Waals surface area contributed by atoms with E-state index in [1.54, 1.807) is 0 Å². The number of hydrogen-bond acceptors (Lipinski definition) is 1. The highest BCUT2D eigenvalue weighted by Crippen LogP contribution is 2.29. The minimum Gasteiger partial charge on any atom is -0.290 e. The molecule has 1 aliphatic rings. The third-order valence-electron chi connectivity index (χ3n) is 3.03. The van der Waals surface area contributed by atoms with Crippen LogP contribution in [0.4, 0.5) is 0 Å². The number of nitrogens with zero attached hydrogens (tertiary/aromatic N) is 1. The smallest absolute Gasteiger partial charge is 0.0245 e. The van der Waals surface area contributed by atoms with E-state index in [9.17, 15) is 0 Å². The van der Waals surface area contributed by atoms with Crippen molar-refractivity contribution in [3.63, 3.8) is 0 Å². The molecule has 1 nitrogen and oxygen atoms in total. The summed E-state index contributed by atoms with van der Waals surface area (Å²) in [6.07, 6.45) is 0. The highest BCUT2D eigenvalue weighted by Gasteiger charge is 2.27. The molecule has 0 atom stereocenters. The summed E-state index contributed by atoms with van der Waals surface area (Å²) in [4.78, 5) is 2.52. The van der Waals surface area contributed by atoms with Gasteiger partial charge in [-0.15, -0.1) is 0 Å². The van der Waals surface area contributed by atoms with Gasteiger partial charge in [0.05, 0.1) is 0 Å². The van der Waals surface area contributed by atoms with E-state index >= 15 is 0 Å². The molecule has 1 aromatic carbocycles. The van der Waals surface area contributed by atoms with Gasteiger partial charge in [-0.2, -0.15) is 0 Å². The monoisotopic (exact) mass is 189 g/mol. The van der Waals surface area contributed by atoms with Crippen LogP contribution in [0.2, 0.25) is 0 Å². The maximum atomic E-state index is 2.52. The lowest BCUT2D eigenvalue weighted by Gasteiger charge is -2.31. The Morgan fingerprint density at radius 1 is 1.07 bits per heavy atom. The quantitative estimate of drug-likeness (QED) is 0.606. The van der Waals surface area contributed by atoms with Gasteiger partial charge in [0.15, 0.2) is 0 Å². The molecule has 0 spiro atoms. The molecule has 0 unspecified atom stereocenters. The lowest BCUT2D eigenvalue weighted by Crippen LogP contribution is -2.36. The molecule has 1 heteroatoms. The van der Waals surface area contributed by atoms with Crippen LogP contribution in [0.15, 0.2) is 18.2 Å². The van der Waals surface area contributed by atoms with Crippen LogP contribution in [0.3, 0.4) is 0 Å². The molecule has 1 heterocycles. The van der Waals surface area contributed by atoms with Crippen molar-refractivity contribution >= 4 is 0 Å². The van der Waals surface area contributed by atoms with Crippen molar-refractivity contribution < 1.29 is 0 Å². The molecule has 0 bridgehead atoms. The van der Waals surface area contributed by atoms with Gasteiger partial charge < -0.3 is 0 Å². The average molecular weight is 189 g/mol. The summed E-state index contributed by atoms with van der Waals surface area (Å²) in [6, 6.07) is 6.81. The molecule has 0 aliphatic carbocycles. The van der Waals surface area contributed by atoms with Crippen molar-refractivity contribution in [1.82, 2.24) is 4.90 Å². The van der Waals surface area contributed by atoms with Gasteiger partial charge in [-0.3, -0.25) is 4.90 Å². The van der Waals surface area contributed by atoms with Crippen molar-refractivity contribution in [3.8, 4) is 0 Å². The molecular weight excluding hydrogens is 170 g/mol. The summed E-state index contributed by atoms with van der Waals surface area (Å²) in [7, 11) is 0. The number of fused-ring (bicyclic) bond motifs is 1. The fourth-order valence-corrected chi connectivity index (χ4v) is 2.00. The normalized spacial score (nSPS) is 17.1. The second kappa shape index (κ2) is 3.09. The first-order valence-corrected chi connectivity index (χ1v) is 5.30. The first-order chi connectivity index (χ1) is 6.47. The Bertz CT molecular complexity index is 347. The molecule has 0 radical (unpaired) electrons. The molecular formula is C13H19N. The van der Waals surface area contributed by atoms with Crippen LogP contribution in [-0.4, -0.2) is 10.4 Å². The Kier molecular flexibility index (Phi) is 2.15. The molecule has 0 aromatic heterocycles. The van der Waals surface area contributed by atoms with Crippen LogP contribution in [0.25, 0.3) is 0 Å². The highest BCUT2D eigenvalue weighted by atomic mass is 15.2. The van der Waals surface area contributed by atoms with Crippen molar-refractivity contribution in [3.05, 3.63) is 34.9 Å². The third kappa shape index (κ3) is 1.69. The van der Waals surface area contributed by atoms with E-state index in [1.807, 2.05) is 0 Å². The molecule has 1 aliphatic heterocycles. The summed E-state index contributed by atoms with van der Waals surface area (Å²) >= 11 is 0. The Hall–Kier alpha value is -0.820. The van der Waals surface area contributed by atoms with Crippen molar-refractivity contribution in [2.45, 2.75) is 46.3 Å². The van der Waals surface area contributed by atoms with E-state index < -0.39 is 0 Å². The lowest BCUT2D eigenvalue weighted by atomic mass is 10.1. The van der Waals surface area contributed by atoms with Crippen LogP contribution >= 0.6 is 0 Å². The van der Waals surface area contributed by atoms with Gasteiger partial charge in [0, 0.05) is 18.6 Å². The van der Waals surface area contributed by atoms with Gasteiger partial charge >= 0.3 is 0 Å². The largest absolute Gasteiger partial charge is 0.290 e. The number of hydrogen-bond donors (Lipinski definition) is 0. The van der Waals surface area contributed by atoms with Gasteiger partial charge in [-0.25, -0.2) is 0 Å². The maximum Gasteiger partial charge on any atom is 0.0245 e. The molecule has 0 fully saturated rings. The van der Waals surface area contributed by atoms with Gasteiger partial charge in [-0.05, 0) is 38.8 Å². The van der Waals surface area contributed by atoms with Crippen LogP contribution in [-0.2, 0) is 13.1 Å². The Labute approximate surface area is 86.7 Å². The van der Waals surface area contributed by atoms with Crippen molar-refractivity contribution in [1.29, 1.82) is 0 Å². The van der Waals surface area contributed by atoms with E-state index in [1.165, 1.54) is 16.7 Å². The summed E-state index contributed by atoms with van der Waals surface area (Å²) in [5, 5.41) is 0. The molecule has 76 valence electrons. The predicted octanol–water partition coefficient (Wildman–Crippen LogP) is 3.11. The molecule has 0 saturated heterocycles. The van der Waals surface area contributed by atoms with Gasteiger partial charge in [0.25, 0.3) is 0 Å². The van der Waals surface area contributed by atoms with E-state index in [0.29, 0.717) is 0 Å². The fourth-order valence-electron chi connectivity index (χ4n) is 2.00. The summed E-state index contributed by atoms with van der Waals surface area (Å²) in [6.45, 7) is 11.2. The zero-order valence-corrected chi connectivity index (χ0v) is 9.59. The van der Waals surface area contributed by atoms with Crippen molar-refractivity contribution in [2.24, 2.45) is 0 Å². The highest BCUT2D eigenvalue weighted by molar-refractivity contribution is 5.34. The second-order valence-corrected chi connectivity index (χ2v) is 5.30. The SMILES string of the molecule is Cc1ccc2c(c1)CN(C(C)(C)C)C2. The Balaban J connectivity index is 2.26. The van der Waals surface area contributed by atoms with Crippen molar-refractivity contribution in [2.75, 3.05) is 0 Å². The third-order valence-corrected chi connectivity index (χ3v) is 3.03. The molecule has 1 aromatic rings. The topological polar surface area (TPSA) is 3.24 Å². The molecule has 2 rings (SSSR count). The fraction of sp³-hybridized carbons (Fsp3) is 0.538. The minimum atomic E-state index is 0.285. The van der Waals surface area contributed by atoms with Crippen LogP contribution < -0.4 is 0 Å². The summed E-state index contributed by atoms with van der Waals surface area (Å²) < 4.78 is 0. The van der Waals surface area contributed by atoms with Crippen LogP contribution in [0.1, 0.15) is 37.5 Å². The zero-order valence-electron chi connectivity index (χ0n) is 9.59. The average Bonchev–Trinajstić information content (AvgIpc) is 2.45. The van der Waals surface area contributed by atoms with Gasteiger partial charge in [0.1, 0.15) is 0 Å². The molecule has 0 amide bonds. The predicted molar refractivity (Wildman–Crippen MR) is 60.2 cm³/mol. The standard InChI is InChI=1S/C13H19N/c1-10-5-6-11-8-14(13(2,3)4)9-12(11)7-10/h5-7H,8-9H2,1-4H3. The first-order valence-electron chi connectivity index (χ1n) is 5.30. The van der Waals surface area contributed by atoms with E-state index in [0.717, 1.165) is 13.1 Å². The minimum absolute atomic E-state index is 0.285. The lowest BCUT2D eigenvalue weighted by molar-refractivity contribution is 0.136. The maximum absolute atomic E-state index is 2.52. The number of benzene rings is 1. The zero-order chi connectivity index (χ0) is 10.3. The first kappa shape index (κ1) is 9.72. The van der Waals surface area contributed by atoms with Crippen LogP contribution in [0.5, 0.6) is 0 Å². The second-order valence-electron chi connectivity index (χ2n) is 5.30. The summed E-state index contributed by atoms with van der Waals surface area (Å²) in [5.41, 5.74) is 4.68. The summed E-state index contributed by atoms with van der Waals surface area (Å²) in [5.74, 6) is 0. The number of rotatable bonds is 0. The molecule has 14 heavy (non-hydrogen) atoms. The Morgan fingerprint density at radius 3 is 2.36 bits per heavy atom. The number of aryl methyl sites for hydroxylation is 1. The molecule has 0 saturated carbocycles. The van der Waals surface area contributed by atoms with E-state index in [-0.39, 0.29) is 5.54 Å². The van der Waals surface area contributed by atoms with E-state index in [4.69, 9.17) is 0 Å². The van der Waals surface area contributed by atoms with Gasteiger partial charge in [0.2, 0.25) is 0 Å². The van der Waals surface area contributed by atoms with E-state index in [2.05, 4.69) is 50.8 Å². The van der Waals surface area contributed by atoms with Crippen LogP contribution in [0, 0.1) is 6.92 Å². The molecule has 0 N–H and O–H groups in total. The Morgan fingerprint density at radius 2 is 1.71 bits per heavy atom.